The van der Waals surface area contributed by atoms with E-state index in [0.717, 1.165) is 38.5 Å². The third-order valence-corrected chi connectivity index (χ3v) is 13.1. The molecule has 0 aliphatic rings. The van der Waals surface area contributed by atoms with Crippen LogP contribution in [0.5, 0.6) is 0 Å². The van der Waals surface area contributed by atoms with Crippen molar-refractivity contribution in [1.29, 1.82) is 0 Å². The van der Waals surface area contributed by atoms with E-state index in [0.29, 0.717) is 17.4 Å². The highest BCUT2D eigenvalue weighted by atomic mass is 16.7. The number of hydrogen-bond acceptors (Lipinski definition) is 8. The van der Waals surface area contributed by atoms with Gasteiger partial charge in [-0.2, -0.15) is 0 Å². The largest absolute Gasteiger partial charge is 0.545 e. The second-order valence-electron chi connectivity index (χ2n) is 21.0. The summed E-state index contributed by atoms with van der Waals surface area (Å²) in [4.78, 5) is 37.2. The second-order valence-corrected chi connectivity index (χ2v) is 21.0. The van der Waals surface area contributed by atoms with Gasteiger partial charge in [-0.1, -0.05) is 264 Å². The molecule has 2 atom stereocenters. The van der Waals surface area contributed by atoms with Crippen LogP contribution in [0.3, 0.4) is 0 Å². The lowest BCUT2D eigenvalue weighted by Gasteiger charge is -2.26. The highest BCUT2D eigenvalue weighted by molar-refractivity contribution is 5.70. The smallest absolute Gasteiger partial charge is 0.306 e. The summed E-state index contributed by atoms with van der Waals surface area (Å²) in [6.07, 6.45) is 51.6. The molecule has 392 valence electrons. The Labute approximate surface area is 409 Å². The van der Waals surface area contributed by atoms with Gasteiger partial charge in [0.05, 0.1) is 40.3 Å². The average molecular weight is 939 g/mol. The van der Waals surface area contributed by atoms with Crippen LogP contribution in [0, 0.1) is 0 Å². The maximum atomic E-state index is 12.8. The van der Waals surface area contributed by atoms with E-state index in [-0.39, 0.29) is 32.2 Å². The van der Waals surface area contributed by atoms with E-state index in [2.05, 4.69) is 13.8 Å². The summed E-state index contributed by atoms with van der Waals surface area (Å²) in [7, 11) is 5.93. The summed E-state index contributed by atoms with van der Waals surface area (Å²) >= 11 is 0. The minimum Gasteiger partial charge on any atom is -0.545 e. The number of ether oxygens (including phenoxy) is 4. The number of rotatable bonds is 54. The number of carboxylic acid groups (broad SMARTS) is 1. The number of esters is 2. The number of carbonyl (C=O) groups excluding carboxylic acids is 3. The highest BCUT2D eigenvalue weighted by Crippen LogP contribution is 2.18. The standard InChI is InChI=1S/C57H111NO8/c1-6-8-10-12-14-16-18-20-22-23-24-25-26-27-28-29-30-31-32-33-34-36-38-40-42-44-46-48-55(60)66-53(52-65-57(56(61)62)63-50-49-58(3,4)5)51-64-54(59)47-45-43-41-39-37-35-21-19-17-15-13-11-9-7-2/h53,57H,6-52H2,1-5H3. The molecule has 2 unspecified atom stereocenters. The van der Waals surface area contributed by atoms with Crippen molar-refractivity contribution in [2.75, 3.05) is 47.5 Å². The first-order valence-corrected chi connectivity index (χ1v) is 28.7. The number of carboxylic acids is 1. The molecule has 9 nitrogen and oxygen atoms in total. The lowest BCUT2D eigenvalue weighted by atomic mass is 10.0. The maximum absolute atomic E-state index is 12.8. The first kappa shape index (κ1) is 64.3. The van der Waals surface area contributed by atoms with Gasteiger partial charge in [0.25, 0.3) is 0 Å². The molecule has 66 heavy (non-hydrogen) atoms. The Kier molecular flexibility index (Phi) is 48.4. The van der Waals surface area contributed by atoms with Gasteiger partial charge in [0.1, 0.15) is 13.2 Å². The highest BCUT2D eigenvalue weighted by Gasteiger charge is 2.22. The van der Waals surface area contributed by atoms with Crippen LogP contribution in [0.1, 0.15) is 290 Å². The second kappa shape index (κ2) is 49.7. The zero-order valence-electron chi connectivity index (χ0n) is 44.6. The number of nitrogens with zero attached hydrogens (tertiary/aromatic N) is 1. The third kappa shape index (κ3) is 50.2. The molecule has 0 aromatic carbocycles. The van der Waals surface area contributed by atoms with Gasteiger partial charge in [-0.3, -0.25) is 9.59 Å². The quantitative estimate of drug-likeness (QED) is 0.0257. The van der Waals surface area contributed by atoms with Gasteiger partial charge in [0.15, 0.2) is 12.4 Å². The van der Waals surface area contributed by atoms with Crippen LogP contribution < -0.4 is 5.11 Å². The van der Waals surface area contributed by atoms with Crippen molar-refractivity contribution in [2.45, 2.75) is 302 Å². The molecule has 0 aromatic rings. The number of quaternary nitrogens is 1. The molecular formula is C57H111NO8. The Balaban J connectivity index is 4.12. The molecule has 0 spiro atoms. The molecular weight excluding hydrogens is 827 g/mol. The molecule has 0 aliphatic heterocycles. The van der Waals surface area contributed by atoms with Crippen LogP contribution in [0.4, 0.5) is 0 Å². The van der Waals surface area contributed by atoms with Crippen molar-refractivity contribution < 1.29 is 42.9 Å². The van der Waals surface area contributed by atoms with Gasteiger partial charge in [0.2, 0.25) is 0 Å². The topological polar surface area (TPSA) is 111 Å². The van der Waals surface area contributed by atoms with Gasteiger partial charge in [-0.25, -0.2) is 0 Å². The molecule has 0 aliphatic carbocycles. The molecule has 0 bridgehead atoms. The monoisotopic (exact) mass is 938 g/mol. The molecule has 0 aromatic heterocycles. The van der Waals surface area contributed by atoms with Crippen LogP contribution in [0.15, 0.2) is 0 Å². The Morgan fingerprint density at radius 3 is 0.970 bits per heavy atom. The van der Waals surface area contributed by atoms with Gasteiger partial charge < -0.3 is 33.3 Å². The number of likely N-dealkylation sites (N-methyl/N-ethyl adjacent to an activating group) is 1. The summed E-state index contributed by atoms with van der Waals surface area (Å²) < 4.78 is 22.7. The molecule has 0 fully saturated rings. The molecule has 0 radical (unpaired) electrons. The molecule has 9 heteroatoms. The normalized spacial score (nSPS) is 12.7. The minimum absolute atomic E-state index is 0.153. The van der Waals surface area contributed by atoms with Crippen molar-refractivity contribution in [1.82, 2.24) is 0 Å². The number of unbranched alkanes of at least 4 members (excludes halogenated alkanes) is 39. The predicted molar refractivity (Wildman–Crippen MR) is 274 cm³/mol. The number of carbonyl (C=O) groups is 3. The Morgan fingerprint density at radius 1 is 0.394 bits per heavy atom. The Bertz CT molecular complexity index is 1050. The fourth-order valence-corrected chi connectivity index (χ4v) is 8.66. The van der Waals surface area contributed by atoms with Crippen molar-refractivity contribution >= 4 is 17.9 Å². The van der Waals surface area contributed by atoms with Gasteiger partial charge in [-0.05, 0) is 12.8 Å². The molecule has 0 rings (SSSR count). The zero-order chi connectivity index (χ0) is 48.4. The van der Waals surface area contributed by atoms with E-state index in [1.54, 1.807) is 0 Å². The zero-order valence-corrected chi connectivity index (χ0v) is 44.6. The molecule has 0 heterocycles. The van der Waals surface area contributed by atoms with E-state index >= 15 is 0 Å². The van der Waals surface area contributed by atoms with Gasteiger partial charge in [-0.15, -0.1) is 0 Å². The van der Waals surface area contributed by atoms with Gasteiger partial charge in [0, 0.05) is 12.8 Å². The van der Waals surface area contributed by atoms with Crippen molar-refractivity contribution in [3.8, 4) is 0 Å². The fraction of sp³-hybridized carbons (Fsp3) is 0.947. The number of hydrogen-bond donors (Lipinski definition) is 0. The van der Waals surface area contributed by atoms with Crippen LogP contribution >= 0.6 is 0 Å². The summed E-state index contributed by atoms with van der Waals surface area (Å²) in [6.45, 7) is 4.81. The van der Waals surface area contributed by atoms with Crippen LogP contribution in [0.2, 0.25) is 0 Å². The lowest BCUT2D eigenvalue weighted by Crippen LogP contribution is -2.44. The molecule has 0 saturated heterocycles. The summed E-state index contributed by atoms with van der Waals surface area (Å²) in [5.74, 6) is -2.25. The molecule has 0 saturated carbocycles. The van der Waals surface area contributed by atoms with E-state index in [9.17, 15) is 19.5 Å². The maximum Gasteiger partial charge on any atom is 0.306 e. The number of aliphatic carboxylic acids is 1. The van der Waals surface area contributed by atoms with Crippen LogP contribution in [0.25, 0.3) is 0 Å². The fourth-order valence-electron chi connectivity index (χ4n) is 8.66. The van der Waals surface area contributed by atoms with Crippen LogP contribution in [-0.4, -0.2) is 82.3 Å². The first-order chi connectivity index (χ1) is 32.1. The van der Waals surface area contributed by atoms with Crippen molar-refractivity contribution in [3.05, 3.63) is 0 Å². The molecule has 0 N–H and O–H groups in total. The third-order valence-electron chi connectivity index (χ3n) is 13.1. The molecule has 0 amide bonds. The van der Waals surface area contributed by atoms with E-state index in [1.807, 2.05) is 21.1 Å². The lowest BCUT2D eigenvalue weighted by molar-refractivity contribution is -0.870. The first-order valence-electron chi connectivity index (χ1n) is 28.7. The Morgan fingerprint density at radius 2 is 0.682 bits per heavy atom. The van der Waals surface area contributed by atoms with E-state index in [1.165, 1.54) is 225 Å². The summed E-state index contributed by atoms with van der Waals surface area (Å²) in [5, 5.41) is 11.7. The minimum atomic E-state index is -1.61. The average Bonchev–Trinajstić information content (AvgIpc) is 3.28. The Hall–Kier alpha value is -1.71. The predicted octanol–water partition coefficient (Wildman–Crippen LogP) is 15.1. The van der Waals surface area contributed by atoms with Crippen molar-refractivity contribution in [2.24, 2.45) is 0 Å². The van der Waals surface area contributed by atoms with Crippen LogP contribution in [-0.2, 0) is 33.3 Å². The van der Waals surface area contributed by atoms with E-state index in [4.69, 9.17) is 18.9 Å². The van der Waals surface area contributed by atoms with E-state index < -0.39 is 24.3 Å². The summed E-state index contributed by atoms with van der Waals surface area (Å²) in [6, 6.07) is 0. The SMILES string of the molecule is CCCCCCCCCCCCCCCCCCCCCCCCCCCCCC(=O)OC(COC(=O)CCCCCCCCCCCCCCCC)COC(OCC[N+](C)(C)C)C(=O)[O-]. The van der Waals surface area contributed by atoms with Gasteiger partial charge >= 0.3 is 11.9 Å². The summed E-state index contributed by atoms with van der Waals surface area (Å²) in [5.41, 5.74) is 0. The van der Waals surface area contributed by atoms with Crippen molar-refractivity contribution in [3.63, 3.8) is 0 Å².